The van der Waals surface area contributed by atoms with Gasteiger partial charge in [0, 0.05) is 25.0 Å². The summed E-state index contributed by atoms with van der Waals surface area (Å²) in [5.74, 6) is -0.542. The van der Waals surface area contributed by atoms with Crippen molar-refractivity contribution in [2.45, 2.75) is 73.5 Å². The smallest absolute Gasteiger partial charge is 0.300 e. The van der Waals surface area contributed by atoms with Crippen LogP contribution in [0.15, 0.2) is 0 Å². The molecule has 0 saturated heterocycles. The van der Waals surface area contributed by atoms with Crippen LogP contribution in [0.3, 0.4) is 0 Å². The summed E-state index contributed by atoms with van der Waals surface area (Å²) in [6, 6.07) is 2.20. The van der Waals surface area contributed by atoms with Crippen molar-refractivity contribution in [2.24, 2.45) is 5.92 Å². The molecule has 0 aliphatic carbocycles. The average molecular weight is 277 g/mol. The van der Waals surface area contributed by atoms with Crippen molar-refractivity contribution in [1.82, 2.24) is 0 Å². The number of aliphatic carboxylic acids is 1. The first-order valence-corrected chi connectivity index (χ1v) is 6.50. The molecule has 0 aliphatic rings. The number of carboxylic acid groups (broad SMARTS) is 1. The second kappa shape index (κ2) is 22.1. The molecule has 0 amide bonds. The molecule has 5 heteroatoms. The molecule has 116 valence electrons. The van der Waals surface area contributed by atoms with Crippen LogP contribution in [0.25, 0.3) is 0 Å². The third-order valence-electron chi connectivity index (χ3n) is 1.17. The number of nitrogens with zero attached hydrogens (tertiary/aromatic N) is 1. The maximum absolute atomic E-state index is 9.00. The van der Waals surface area contributed by atoms with Gasteiger partial charge in [-0.05, 0) is 40.5 Å². The fourth-order valence-electron chi connectivity index (χ4n) is 0.471. The lowest BCUT2D eigenvalue weighted by molar-refractivity contribution is -0.134. The van der Waals surface area contributed by atoms with Crippen LogP contribution in [0.2, 0.25) is 0 Å². The van der Waals surface area contributed by atoms with Gasteiger partial charge in [0.05, 0.1) is 6.07 Å². The Morgan fingerprint density at radius 2 is 1.21 bits per heavy atom. The van der Waals surface area contributed by atoms with E-state index < -0.39 is 5.97 Å². The Labute approximate surface area is 117 Å². The molecule has 0 aromatic heterocycles. The Morgan fingerprint density at radius 1 is 1.05 bits per heavy atom. The minimum Gasteiger partial charge on any atom is -0.481 e. The van der Waals surface area contributed by atoms with E-state index in [4.69, 9.17) is 25.4 Å². The van der Waals surface area contributed by atoms with Crippen LogP contribution in [0.1, 0.15) is 61.3 Å². The molecule has 19 heavy (non-hydrogen) atoms. The van der Waals surface area contributed by atoms with E-state index in [0.717, 1.165) is 19.8 Å². The number of nitriles is 1. The summed E-state index contributed by atoms with van der Waals surface area (Å²) < 4.78 is 0. The average Bonchev–Trinajstić information content (AvgIpc) is 2.17. The fraction of sp³-hybridized carbons (Fsp3) is 0.857. The first kappa shape index (κ1) is 26.4. The molecule has 0 spiro atoms. The highest BCUT2D eigenvalue weighted by Gasteiger charge is 1.96. The highest BCUT2D eigenvalue weighted by Crippen LogP contribution is 2.03. The quantitative estimate of drug-likeness (QED) is 0.720. The van der Waals surface area contributed by atoms with Gasteiger partial charge in [-0.25, -0.2) is 0 Å². The van der Waals surface area contributed by atoms with E-state index in [9.17, 15) is 0 Å². The summed E-state index contributed by atoms with van der Waals surface area (Å²) in [6.07, 6.45) is 1.65. The molecular formula is C14H31NO4. The lowest BCUT2D eigenvalue weighted by Crippen LogP contribution is -1.88. The van der Waals surface area contributed by atoms with Crippen LogP contribution >= 0.6 is 0 Å². The lowest BCUT2D eigenvalue weighted by atomic mass is 10.1. The van der Waals surface area contributed by atoms with Gasteiger partial charge in [0.1, 0.15) is 0 Å². The maximum Gasteiger partial charge on any atom is 0.300 e. The minimum atomic E-state index is -0.833. The third kappa shape index (κ3) is 157. The van der Waals surface area contributed by atoms with E-state index in [1.54, 1.807) is 27.7 Å². The van der Waals surface area contributed by atoms with Gasteiger partial charge in [0.25, 0.3) is 5.97 Å². The first-order chi connectivity index (χ1) is 8.54. The summed E-state index contributed by atoms with van der Waals surface area (Å²) in [7, 11) is 0. The lowest BCUT2D eigenvalue weighted by Gasteiger charge is -1.95. The first-order valence-electron chi connectivity index (χ1n) is 6.50. The molecule has 0 rings (SSSR count). The number of aliphatic hydroxyl groups excluding tert-OH is 2. The Balaban J connectivity index is -0.0000000825. The summed E-state index contributed by atoms with van der Waals surface area (Å²) in [5, 5.41) is 31.8. The van der Waals surface area contributed by atoms with Gasteiger partial charge in [-0.2, -0.15) is 5.26 Å². The zero-order valence-corrected chi connectivity index (χ0v) is 13.3. The number of carbonyl (C=O) groups is 1. The molecule has 5 nitrogen and oxygen atoms in total. The molecule has 0 bridgehead atoms. The topological polar surface area (TPSA) is 102 Å². The normalized spacial score (nSPS) is 8.37. The second-order valence-electron chi connectivity index (χ2n) is 4.35. The molecule has 3 N–H and O–H groups in total. The van der Waals surface area contributed by atoms with Gasteiger partial charge in [-0.15, -0.1) is 0 Å². The maximum atomic E-state index is 9.00. The van der Waals surface area contributed by atoms with E-state index in [2.05, 4.69) is 6.07 Å². The van der Waals surface area contributed by atoms with Crippen molar-refractivity contribution in [3.8, 4) is 6.07 Å². The second-order valence-corrected chi connectivity index (χ2v) is 4.35. The van der Waals surface area contributed by atoms with E-state index in [0.29, 0.717) is 5.92 Å². The molecule has 0 fully saturated rings. The number of carboxylic acids is 1. The molecule has 0 atom stereocenters. The Hall–Kier alpha value is -1.12. The SMILES string of the molecule is CC(=O)O.CC(C)O.CC(C)O.CCC(C#N)CC. The van der Waals surface area contributed by atoms with Crippen molar-refractivity contribution in [1.29, 1.82) is 5.26 Å². The predicted molar refractivity (Wildman–Crippen MR) is 77.7 cm³/mol. The van der Waals surface area contributed by atoms with Gasteiger partial charge >= 0.3 is 0 Å². The number of aliphatic hydroxyl groups is 2. The van der Waals surface area contributed by atoms with E-state index in [-0.39, 0.29) is 12.2 Å². The van der Waals surface area contributed by atoms with Crippen LogP contribution in [-0.4, -0.2) is 33.5 Å². The molecule has 0 unspecified atom stereocenters. The van der Waals surface area contributed by atoms with Crippen molar-refractivity contribution < 1.29 is 20.1 Å². The summed E-state index contributed by atoms with van der Waals surface area (Å²) >= 11 is 0. The summed E-state index contributed by atoms with van der Waals surface area (Å²) in [4.78, 5) is 9.00. The molecular weight excluding hydrogens is 246 g/mol. The number of hydrogen-bond donors (Lipinski definition) is 3. The van der Waals surface area contributed by atoms with E-state index in [1.165, 1.54) is 0 Å². The highest BCUT2D eigenvalue weighted by molar-refractivity contribution is 5.62. The van der Waals surface area contributed by atoms with Crippen molar-refractivity contribution in [3.63, 3.8) is 0 Å². The molecule has 0 saturated carbocycles. The number of rotatable bonds is 2. The summed E-state index contributed by atoms with van der Waals surface area (Å²) in [5.41, 5.74) is 0. The predicted octanol–water partition coefficient (Wildman–Crippen LogP) is 2.81. The highest BCUT2D eigenvalue weighted by atomic mass is 16.4. The molecule has 0 aromatic carbocycles. The van der Waals surface area contributed by atoms with Crippen molar-refractivity contribution in [3.05, 3.63) is 0 Å². The zero-order valence-electron chi connectivity index (χ0n) is 13.3. The van der Waals surface area contributed by atoms with Crippen molar-refractivity contribution in [2.75, 3.05) is 0 Å². The molecule has 0 aromatic rings. The monoisotopic (exact) mass is 277 g/mol. The fourth-order valence-corrected chi connectivity index (χ4v) is 0.471. The minimum absolute atomic E-state index is 0.167. The van der Waals surface area contributed by atoms with Crippen LogP contribution < -0.4 is 0 Å². The van der Waals surface area contributed by atoms with Crippen LogP contribution in [0, 0.1) is 17.2 Å². The molecule has 0 aliphatic heterocycles. The Bertz CT molecular complexity index is 190. The Kier molecular flexibility index (Phi) is 30.8. The number of hydrogen-bond acceptors (Lipinski definition) is 4. The standard InChI is InChI=1S/C6H11N.2C3H8O.C2H4O2/c1-3-6(4-2)5-7;2*1-3(2)4;1-2(3)4/h6H,3-4H2,1-2H3;2*3-4H,1-2H3;1H3,(H,3,4). The van der Waals surface area contributed by atoms with Gasteiger partial charge in [-0.1, -0.05) is 13.8 Å². The van der Waals surface area contributed by atoms with Crippen LogP contribution in [0.5, 0.6) is 0 Å². The Morgan fingerprint density at radius 3 is 1.21 bits per heavy atom. The van der Waals surface area contributed by atoms with Gasteiger partial charge in [-0.3, -0.25) is 4.79 Å². The largest absolute Gasteiger partial charge is 0.481 e. The molecule has 0 radical (unpaired) electrons. The van der Waals surface area contributed by atoms with Crippen LogP contribution in [-0.2, 0) is 4.79 Å². The van der Waals surface area contributed by atoms with E-state index in [1.807, 2.05) is 13.8 Å². The van der Waals surface area contributed by atoms with Crippen LogP contribution in [0.4, 0.5) is 0 Å². The third-order valence-corrected chi connectivity index (χ3v) is 1.17. The van der Waals surface area contributed by atoms with Gasteiger partial charge in [0.15, 0.2) is 0 Å². The molecule has 0 heterocycles. The summed E-state index contributed by atoms with van der Waals surface area (Å²) in [6.45, 7) is 12.1. The van der Waals surface area contributed by atoms with Gasteiger partial charge < -0.3 is 15.3 Å². The van der Waals surface area contributed by atoms with Gasteiger partial charge in [0.2, 0.25) is 0 Å². The zero-order chi connectivity index (χ0) is 16.4. The van der Waals surface area contributed by atoms with Crippen molar-refractivity contribution >= 4 is 5.97 Å². The van der Waals surface area contributed by atoms with E-state index >= 15 is 0 Å².